The number of hydrogen-bond donors (Lipinski definition) is 1. The lowest BCUT2D eigenvalue weighted by atomic mass is 10.1. The fraction of sp³-hybridized carbons (Fsp3) is 0.250. The summed E-state index contributed by atoms with van der Waals surface area (Å²) in [5, 5.41) is 0. The summed E-state index contributed by atoms with van der Waals surface area (Å²) in [6, 6.07) is 12.2. The van der Waals surface area contributed by atoms with E-state index in [0.29, 0.717) is 16.3 Å². The lowest BCUT2D eigenvalue weighted by molar-refractivity contribution is 0.415. The Morgan fingerprint density at radius 2 is 1.91 bits per heavy atom. The number of anilines is 1. The normalized spacial score (nSPS) is 14.2. The summed E-state index contributed by atoms with van der Waals surface area (Å²) < 4.78 is 32.7. The largest absolute Gasteiger partial charge is 0.497 e. The van der Waals surface area contributed by atoms with Gasteiger partial charge in [-0.3, -0.25) is 4.72 Å². The molecule has 1 aliphatic heterocycles. The molecule has 1 N–H and O–H groups in total. The zero-order chi connectivity index (χ0) is 15.6. The first-order valence-electron chi connectivity index (χ1n) is 7.01. The molecule has 0 radical (unpaired) electrons. The Morgan fingerprint density at radius 3 is 2.64 bits per heavy atom. The van der Waals surface area contributed by atoms with E-state index in [9.17, 15) is 8.42 Å². The number of nitrogens with one attached hydrogen (secondary N) is 1. The van der Waals surface area contributed by atoms with E-state index >= 15 is 0 Å². The van der Waals surface area contributed by atoms with Gasteiger partial charge in [-0.25, -0.2) is 8.42 Å². The van der Waals surface area contributed by atoms with Crippen molar-refractivity contribution in [2.24, 2.45) is 0 Å². The summed E-state index contributed by atoms with van der Waals surface area (Å²) in [4.78, 5) is 1.50. The van der Waals surface area contributed by atoms with E-state index < -0.39 is 10.0 Å². The van der Waals surface area contributed by atoms with Crippen LogP contribution in [0.25, 0.3) is 0 Å². The van der Waals surface area contributed by atoms with Gasteiger partial charge in [-0.05, 0) is 66.6 Å². The van der Waals surface area contributed by atoms with E-state index in [0.717, 1.165) is 24.2 Å². The van der Waals surface area contributed by atoms with Gasteiger partial charge in [0, 0.05) is 10.6 Å². The monoisotopic (exact) mass is 335 g/mol. The van der Waals surface area contributed by atoms with Crippen LogP contribution in [0.5, 0.6) is 5.75 Å². The Labute approximate surface area is 134 Å². The SMILES string of the molecule is COc1ccc(NS(=O)(=O)c2ccc3c(c2)CCCS3)cc1. The molecule has 1 aliphatic rings. The Hall–Kier alpha value is -1.66. The third-order valence-corrected chi connectivity index (χ3v) is 6.11. The Bertz CT molecular complexity index is 770. The molecular formula is C16H17NO3S2. The summed E-state index contributed by atoms with van der Waals surface area (Å²) in [5.41, 5.74) is 1.64. The van der Waals surface area contributed by atoms with Crippen molar-refractivity contribution in [1.82, 2.24) is 0 Å². The number of fused-ring (bicyclic) bond motifs is 1. The van der Waals surface area contributed by atoms with Crippen molar-refractivity contribution in [3.8, 4) is 5.75 Å². The first-order valence-corrected chi connectivity index (χ1v) is 9.48. The van der Waals surface area contributed by atoms with Crippen LogP contribution in [-0.4, -0.2) is 21.3 Å². The second-order valence-electron chi connectivity index (χ2n) is 5.06. The van der Waals surface area contributed by atoms with E-state index in [1.807, 2.05) is 6.07 Å². The molecule has 0 fully saturated rings. The minimum absolute atomic E-state index is 0.310. The highest BCUT2D eigenvalue weighted by Gasteiger charge is 2.18. The molecule has 6 heteroatoms. The van der Waals surface area contributed by atoms with Gasteiger partial charge in [0.1, 0.15) is 5.75 Å². The van der Waals surface area contributed by atoms with E-state index in [4.69, 9.17) is 4.74 Å². The summed E-state index contributed by atoms with van der Waals surface area (Å²) in [5.74, 6) is 1.79. The fourth-order valence-corrected chi connectivity index (χ4v) is 4.51. The molecule has 3 rings (SSSR count). The van der Waals surface area contributed by atoms with Crippen LogP contribution in [0, 0.1) is 0 Å². The molecule has 1 heterocycles. The van der Waals surface area contributed by atoms with Crippen molar-refractivity contribution in [2.75, 3.05) is 17.6 Å². The van der Waals surface area contributed by atoms with Crippen LogP contribution in [0.15, 0.2) is 52.3 Å². The molecule has 4 nitrogen and oxygen atoms in total. The molecule has 2 aromatic carbocycles. The minimum Gasteiger partial charge on any atom is -0.497 e. The smallest absolute Gasteiger partial charge is 0.261 e. The van der Waals surface area contributed by atoms with Crippen molar-refractivity contribution >= 4 is 27.5 Å². The number of aryl methyl sites for hydroxylation is 1. The zero-order valence-electron chi connectivity index (χ0n) is 12.2. The topological polar surface area (TPSA) is 55.4 Å². The van der Waals surface area contributed by atoms with E-state index in [1.165, 1.54) is 4.90 Å². The van der Waals surface area contributed by atoms with Crippen LogP contribution < -0.4 is 9.46 Å². The van der Waals surface area contributed by atoms with E-state index in [2.05, 4.69) is 4.72 Å². The lowest BCUT2D eigenvalue weighted by Gasteiger charge is -2.16. The molecule has 0 amide bonds. The average Bonchev–Trinajstić information content (AvgIpc) is 2.55. The van der Waals surface area contributed by atoms with Crippen LogP contribution in [0.4, 0.5) is 5.69 Å². The fourth-order valence-electron chi connectivity index (χ4n) is 2.38. The second kappa shape index (κ2) is 6.22. The number of rotatable bonds is 4. The van der Waals surface area contributed by atoms with Gasteiger partial charge in [-0.2, -0.15) is 0 Å². The minimum atomic E-state index is -3.57. The number of benzene rings is 2. The maximum absolute atomic E-state index is 12.5. The average molecular weight is 335 g/mol. The summed E-state index contributed by atoms with van der Waals surface area (Å²) in [6.45, 7) is 0. The van der Waals surface area contributed by atoms with Gasteiger partial charge in [0.15, 0.2) is 0 Å². The molecule has 0 saturated heterocycles. The third kappa shape index (κ3) is 3.23. The van der Waals surface area contributed by atoms with Gasteiger partial charge in [0.25, 0.3) is 10.0 Å². The molecule has 0 aromatic heterocycles. The van der Waals surface area contributed by atoms with Crippen molar-refractivity contribution in [3.63, 3.8) is 0 Å². The quantitative estimate of drug-likeness (QED) is 0.928. The Morgan fingerprint density at radius 1 is 1.14 bits per heavy atom. The highest BCUT2D eigenvalue weighted by atomic mass is 32.2. The number of thioether (sulfide) groups is 1. The Balaban J connectivity index is 1.85. The summed E-state index contributed by atoms with van der Waals surface area (Å²) in [7, 11) is -1.99. The molecule has 2 aromatic rings. The molecule has 0 aliphatic carbocycles. The third-order valence-electron chi connectivity index (χ3n) is 3.53. The molecule has 0 bridgehead atoms. The van der Waals surface area contributed by atoms with Crippen LogP contribution in [-0.2, 0) is 16.4 Å². The van der Waals surface area contributed by atoms with Crippen molar-refractivity contribution in [3.05, 3.63) is 48.0 Å². The highest BCUT2D eigenvalue weighted by molar-refractivity contribution is 7.99. The first kappa shape index (κ1) is 15.2. The summed E-state index contributed by atoms with van der Waals surface area (Å²) in [6.07, 6.45) is 2.03. The number of hydrogen-bond acceptors (Lipinski definition) is 4. The van der Waals surface area contributed by atoms with Gasteiger partial charge in [0.2, 0.25) is 0 Å². The number of ether oxygens (including phenoxy) is 1. The lowest BCUT2D eigenvalue weighted by Crippen LogP contribution is -2.13. The molecule has 0 unspecified atom stereocenters. The molecule has 22 heavy (non-hydrogen) atoms. The predicted molar refractivity (Wildman–Crippen MR) is 89.3 cm³/mol. The van der Waals surface area contributed by atoms with Crippen molar-refractivity contribution in [1.29, 1.82) is 0 Å². The maximum atomic E-state index is 12.5. The van der Waals surface area contributed by atoms with Crippen LogP contribution in [0.2, 0.25) is 0 Å². The van der Waals surface area contributed by atoms with Crippen molar-refractivity contribution in [2.45, 2.75) is 22.6 Å². The van der Waals surface area contributed by atoms with Gasteiger partial charge >= 0.3 is 0 Å². The van der Waals surface area contributed by atoms with Crippen LogP contribution >= 0.6 is 11.8 Å². The Kier molecular flexibility index (Phi) is 4.31. The molecule has 0 atom stereocenters. The maximum Gasteiger partial charge on any atom is 0.261 e. The predicted octanol–water partition coefficient (Wildman–Crippen LogP) is 3.53. The summed E-state index contributed by atoms with van der Waals surface area (Å²) >= 11 is 1.79. The van der Waals surface area contributed by atoms with Gasteiger partial charge in [-0.1, -0.05) is 0 Å². The standard InChI is InChI=1S/C16H17NO3S2/c1-20-14-6-4-13(5-7-14)17-22(18,19)15-8-9-16-12(11-15)3-2-10-21-16/h4-9,11,17H,2-3,10H2,1H3. The zero-order valence-corrected chi connectivity index (χ0v) is 13.8. The van der Waals surface area contributed by atoms with E-state index in [-0.39, 0.29) is 0 Å². The van der Waals surface area contributed by atoms with Crippen LogP contribution in [0.3, 0.4) is 0 Å². The molecular weight excluding hydrogens is 318 g/mol. The number of sulfonamides is 1. The van der Waals surface area contributed by atoms with Crippen molar-refractivity contribution < 1.29 is 13.2 Å². The van der Waals surface area contributed by atoms with Crippen LogP contribution in [0.1, 0.15) is 12.0 Å². The van der Waals surface area contributed by atoms with Gasteiger partial charge in [0.05, 0.1) is 12.0 Å². The highest BCUT2D eigenvalue weighted by Crippen LogP contribution is 2.32. The molecule has 116 valence electrons. The second-order valence-corrected chi connectivity index (χ2v) is 7.87. The molecule has 0 saturated carbocycles. The van der Waals surface area contributed by atoms with E-state index in [1.54, 1.807) is 55.3 Å². The van der Waals surface area contributed by atoms with Gasteiger partial charge in [-0.15, -0.1) is 11.8 Å². The molecule has 0 spiro atoms. The van der Waals surface area contributed by atoms with Gasteiger partial charge < -0.3 is 4.74 Å². The first-order chi connectivity index (χ1) is 10.6. The number of methoxy groups -OCH3 is 1.